The fourth-order valence-corrected chi connectivity index (χ4v) is 4.38. The summed E-state index contributed by atoms with van der Waals surface area (Å²) < 4.78 is 23.3. The lowest BCUT2D eigenvalue weighted by Gasteiger charge is -2.09. The number of benzene rings is 3. The Morgan fingerprint density at radius 1 is 0.524 bits per heavy atom. The van der Waals surface area contributed by atoms with Crippen molar-refractivity contribution in [1.29, 1.82) is 0 Å². The van der Waals surface area contributed by atoms with Crippen LogP contribution in [0.4, 0.5) is 0 Å². The summed E-state index contributed by atoms with van der Waals surface area (Å²) in [7, 11) is 0. The van der Waals surface area contributed by atoms with Crippen LogP contribution in [0.5, 0.6) is 23.0 Å². The molecule has 0 unspecified atom stereocenters. The van der Waals surface area contributed by atoms with Gasteiger partial charge in [-0.25, -0.2) is 0 Å². The summed E-state index contributed by atoms with van der Waals surface area (Å²) in [5, 5.41) is 0. The molecule has 0 fully saturated rings. The highest BCUT2D eigenvalue weighted by Gasteiger charge is 2.03. The first kappa shape index (κ1) is 30.7. The van der Waals surface area contributed by atoms with Crippen LogP contribution in [0, 0.1) is 0 Å². The van der Waals surface area contributed by atoms with Gasteiger partial charge in [-0.05, 0) is 110 Å². The zero-order valence-electron chi connectivity index (χ0n) is 24.8. The molecule has 0 bridgehead atoms. The van der Waals surface area contributed by atoms with Gasteiger partial charge in [0.05, 0.1) is 38.3 Å². The van der Waals surface area contributed by atoms with Gasteiger partial charge in [-0.2, -0.15) is 0 Å². The van der Waals surface area contributed by atoms with Crippen LogP contribution in [-0.2, 0) is 0 Å². The third-order valence-electron chi connectivity index (χ3n) is 6.86. The highest BCUT2D eigenvalue weighted by molar-refractivity contribution is 5.65. The molecule has 5 nitrogen and oxygen atoms in total. The van der Waals surface area contributed by atoms with Crippen molar-refractivity contribution in [3.63, 3.8) is 0 Å². The SMILES string of the molecule is C=CCCOc1ccc(-c2ccc(OCCCCCCOc3ccc(-c4ccc(OCCCC)cc4)cc3)cc2)nc1. The second-order valence-corrected chi connectivity index (χ2v) is 10.2. The normalized spacial score (nSPS) is 10.7. The number of ether oxygens (including phenoxy) is 4. The van der Waals surface area contributed by atoms with E-state index in [9.17, 15) is 0 Å². The molecule has 0 amide bonds. The Hall–Kier alpha value is -4.25. The zero-order chi connectivity index (χ0) is 29.2. The van der Waals surface area contributed by atoms with Gasteiger partial charge in [0.15, 0.2) is 0 Å². The molecule has 42 heavy (non-hydrogen) atoms. The van der Waals surface area contributed by atoms with E-state index in [2.05, 4.69) is 42.8 Å². The lowest BCUT2D eigenvalue weighted by Crippen LogP contribution is -2.00. The summed E-state index contributed by atoms with van der Waals surface area (Å²) in [6.07, 6.45) is 10.9. The summed E-state index contributed by atoms with van der Waals surface area (Å²) in [6, 6.07) is 28.6. The van der Waals surface area contributed by atoms with Crippen LogP contribution in [0.3, 0.4) is 0 Å². The fraction of sp³-hybridized carbons (Fsp3) is 0.324. The third-order valence-corrected chi connectivity index (χ3v) is 6.86. The predicted molar refractivity (Wildman–Crippen MR) is 172 cm³/mol. The fourth-order valence-electron chi connectivity index (χ4n) is 4.38. The number of nitrogens with zero attached hydrogens (tertiary/aromatic N) is 1. The predicted octanol–water partition coefficient (Wildman–Crippen LogP) is 9.57. The van der Waals surface area contributed by atoms with Gasteiger partial charge in [0, 0.05) is 5.56 Å². The molecule has 0 saturated carbocycles. The molecule has 0 saturated heterocycles. The zero-order valence-corrected chi connectivity index (χ0v) is 24.8. The number of hydrogen-bond donors (Lipinski definition) is 0. The molecule has 0 N–H and O–H groups in total. The van der Waals surface area contributed by atoms with Crippen molar-refractivity contribution in [1.82, 2.24) is 4.98 Å². The largest absolute Gasteiger partial charge is 0.494 e. The van der Waals surface area contributed by atoms with E-state index in [-0.39, 0.29) is 0 Å². The van der Waals surface area contributed by atoms with Gasteiger partial charge in [0.25, 0.3) is 0 Å². The molecule has 1 heterocycles. The second kappa shape index (κ2) is 17.5. The number of hydrogen-bond acceptors (Lipinski definition) is 5. The summed E-state index contributed by atoms with van der Waals surface area (Å²) in [4.78, 5) is 4.51. The molecule has 1 aromatic heterocycles. The standard InChI is InChI=1S/C37H43NO4/c1-3-5-25-39-33-17-11-30(12-18-33)31-13-19-34(20-14-31)40-27-9-7-8-10-28-41-35-21-15-32(16-22-35)37-24-23-36(29-38-37)42-26-6-4-2/h4,11-24,29H,2-3,5-10,25-28H2,1H3. The van der Waals surface area contributed by atoms with E-state index in [1.807, 2.05) is 66.7 Å². The quantitative estimate of drug-likeness (QED) is 0.0837. The highest BCUT2D eigenvalue weighted by atomic mass is 16.5. The maximum absolute atomic E-state index is 5.96. The van der Waals surface area contributed by atoms with Crippen molar-refractivity contribution in [2.45, 2.75) is 51.9 Å². The molecular formula is C37H43NO4. The number of unbranched alkanes of at least 4 members (excludes halogenated alkanes) is 4. The molecular weight excluding hydrogens is 522 g/mol. The molecule has 0 spiro atoms. The van der Waals surface area contributed by atoms with Crippen LogP contribution >= 0.6 is 0 Å². The van der Waals surface area contributed by atoms with Crippen molar-refractivity contribution >= 4 is 0 Å². The lowest BCUT2D eigenvalue weighted by molar-refractivity contribution is 0.287. The van der Waals surface area contributed by atoms with Crippen LogP contribution in [0.2, 0.25) is 0 Å². The molecule has 0 aliphatic carbocycles. The molecule has 4 aromatic rings. The minimum absolute atomic E-state index is 0.617. The van der Waals surface area contributed by atoms with Crippen LogP contribution in [0.1, 0.15) is 51.9 Å². The molecule has 3 aromatic carbocycles. The van der Waals surface area contributed by atoms with Crippen LogP contribution in [0.15, 0.2) is 104 Å². The van der Waals surface area contributed by atoms with Crippen LogP contribution in [-0.4, -0.2) is 31.4 Å². The molecule has 5 heteroatoms. The van der Waals surface area contributed by atoms with E-state index in [0.29, 0.717) is 13.2 Å². The van der Waals surface area contributed by atoms with Gasteiger partial charge in [-0.3, -0.25) is 4.98 Å². The number of rotatable bonds is 19. The van der Waals surface area contributed by atoms with Gasteiger partial charge < -0.3 is 18.9 Å². The van der Waals surface area contributed by atoms with E-state index in [0.717, 1.165) is 92.4 Å². The van der Waals surface area contributed by atoms with Crippen LogP contribution in [0.25, 0.3) is 22.4 Å². The summed E-state index contributed by atoms with van der Waals surface area (Å²) in [6.45, 7) is 8.70. The average Bonchev–Trinajstić information content (AvgIpc) is 3.04. The molecule has 0 aliphatic heterocycles. The van der Waals surface area contributed by atoms with Gasteiger partial charge in [0.1, 0.15) is 23.0 Å². The van der Waals surface area contributed by atoms with E-state index < -0.39 is 0 Å². The van der Waals surface area contributed by atoms with E-state index >= 15 is 0 Å². The Bertz CT molecular complexity index is 1300. The molecule has 4 rings (SSSR count). The van der Waals surface area contributed by atoms with Crippen molar-refractivity contribution in [3.05, 3.63) is 104 Å². The minimum atomic E-state index is 0.617. The minimum Gasteiger partial charge on any atom is -0.494 e. The summed E-state index contributed by atoms with van der Waals surface area (Å²) >= 11 is 0. The maximum atomic E-state index is 5.96. The highest BCUT2D eigenvalue weighted by Crippen LogP contribution is 2.25. The Balaban J connectivity index is 1.07. The topological polar surface area (TPSA) is 49.8 Å². The van der Waals surface area contributed by atoms with Crippen molar-refractivity contribution in [3.8, 4) is 45.4 Å². The maximum Gasteiger partial charge on any atom is 0.137 e. The molecule has 0 radical (unpaired) electrons. The second-order valence-electron chi connectivity index (χ2n) is 10.2. The molecule has 0 aliphatic rings. The average molecular weight is 566 g/mol. The first-order valence-electron chi connectivity index (χ1n) is 15.1. The monoisotopic (exact) mass is 565 g/mol. The van der Waals surface area contributed by atoms with E-state index in [1.54, 1.807) is 6.20 Å². The summed E-state index contributed by atoms with van der Waals surface area (Å²) in [5.74, 6) is 3.49. The van der Waals surface area contributed by atoms with Crippen molar-refractivity contribution in [2.75, 3.05) is 26.4 Å². The van der Waals surface area contributed by atoms with Crippen molar-refractivity contribution in [2.24, 2.45) is 0 Å². The Kier molecular flexibility index (Phi) is 12.8. The van der Waals surface area contributed by atoms with Gasteiger partial charge in [-0.15, -0.1) is 6.58 Å². The first-order valence-corrected chi connectivity index (χ1v) is 15.1. The van der Waals surface area contributed by atoms with Crippen LogP contribution < -0.4 is 18.9 Å². The Labute approximate surface area is 251 Å². The van der Waals surface area contributed by atoms with E-state index in [1.165, 1.54) is 11.1 Å². The summed E-state index contributed by atoms with van der Waals surface area (Å²) in [5.41, 5.74) is 4.31. The van der Waals surface area contributed by atoms with Gasteiger partial charge in [0.2, 0.25) is 0 Å². The van der Waals surface area contributed by atoms with Gasteiger partial charge in [-0.1, -0.05) is 43.7 Å². The van der Waals surface area contributed by atoms with Gasteiger partial charge >= 0.3 is 0 Å². The molecule has 220 valence electrons. The number of pyridine rings is 1. The lowest BCUT2D eigenvalue weighted by atomic mass is 10.1. The molecule has 0 atom stereocenters. The third kappa shape index (κ3) is 10.3. The number of aromatic nitrogens is 1. The van der Waals surface area contributed by atoms with Crippen molar-refractivity contribution < 1.29 is 18.9 Å². The smallest absolute Gasteiger partial charge is 0.137 e. The first-order chi connectivity index (χ1) is 20.7. The Morgan fingerprint density at radius 3 is 1.43 bits per heavy atom. The Morgan fingerprint density at radius 2 is 0.976 bits per heavy atom. The van der Waals surface area contributed by atoms with E-state index in [4.69, 9.17) is 18.9 Å².